The Morgan fingerprint density at radius 2 is 1.82 bits per heavy atom. The summed E-state index contributed by atoms with van der Waals surface area (Å²) in [5, 5.41) is 3.33. The second-order valence-electron chi connectivity index (χ2n) is 8.53. The van der Waals surface area contributed by atoms with Crippen molar-refractivity contribution in [2.24, 2.45) is 0 Å². The minimum Gasteiger partial charge on any atom is -0.452 e. The Morgan fingerprint density at radius 3 is 2.59 bits per heavy atom. The van der Waals surface area contributed by atoms with Crippen LogP contribution in [0, 0.1) is 6.92 Å². The van der Waals surface area contributed by atoms with Crippen LogP contribution in [0.5, 0.6) is 0 Å². The highest BCUT2D eigenvalue weighted by molar-refractivity contribution is 7.89. The van der Waals surface area contributed by atoms with Crippen molar-refractivity contribution in [2.45, 2.75) is 37.5 Å². The molecule has 1 aliphatic carbocycles. The molecule has 1 amide bonds. The van der Waals surface area contributed by atoms with E-state index in [-0.39, 0.29) is 4.90 Å². The number of fused-ring (bicyclic) bond motifs is 2. The molecule has 0 saturated carbocycles. The maximum Gasteiger partial charge on any atom is 0.339 e. The summed E-state index contributed by atoms with van der Waals surface area (Å²) >= 11 is 0. The number of pyridine rings is 1. The summed E-state index contributed by atoms with van der Waals surface area (Å²) in [6.45, 7) is 1.19. The van der Waals surface area contributed by atoms with Crippen molar-refractivity contribution in [3.8, 4) is 0 Å². The van der Waals surface area contributed by atoms with Gasteiger partial charge in [-0.25, -0.2) is 17.5 Å². The summed E-state index contributed by atoms with van der Waals surface area (Å²) in [6, 6.07) is 12.1. The summed E-state index contributed by atoms with van der Waals surface area (Å²) in [6.07, 6.45) is 3.56. The van der Waals surface area contributed by atoms with Crippen molar-refractivity contribution in [1.82, 2.24) is 9.29 Å². The molecule has 0 spiro atoms. The first kappa shape index (κ1) is 23.8. The largest absolute Gasteiger partial charge is 0.452 e. The molecule has 1 N–H and O–H groups in total. The van der Waals surface area contributed by atoms with Gasteiger partial charge in [-0.05, 0) is 61.9 Å². The third-order valence-electron chi connectivity index (χ3n) is 5.94. The number of nitrogens with one attached hydrogen (secondary N) is 1. The second-order valence-corrected chi connectivity index (χ2v) is 10.6. The number of rotatable bonds is 6. The lowest BCUT2D eigenvalue weighted by atomic mass is 9.90. The number of hydrogen-bond donors (Lipinski definition) is 1. The summed E-state index contributed by atoms with van der Waals surface area (Å²) in [5.74, 6) is -1.12. The summed E-state index contributed by atoms with van der Waals surface area (Å²) in [7, 11) is -0.776. The molecule has 0 fully saturated rings. The Labute approximate surface area is 199 Å². The van der Waals surface area contributed by atoms with Crippen LogP contribution in [-0.4, -0.2) is 50.3 Å². The lowest BCUT2D eigenvalue weighted by molar-refractivity contribution is -0.119. The van der Waals surface area contributed by atoms with Gasteiger partial charge in [0.2, 0.25) is 10.0 Å². The number of ether oxygens (including phenoxy) is 1. The lowest BCUT2D eigenvalue weighted by Gasteiger charge is -2.20. The number of amides is 1. The molecular weight excluding hydrogens is 454 g/mol. The van der Waals surface area contributed by atoms with Crippen LogP contribution >= 0.6 is 0 Å². The van der Waals surface area contributed by atoms with Gasteiger partial charge in [-0.3, -0.25) is 9.78 Å². The summed E-state index contributed by atoms with van der Waals surface area (Å²) in [5.41, 5.74) is 3.88. The zero-order valence-electron chi connectivity index (χ0n) is 19.4. The van der Waals surface area contributed by atoms with Gasteiger partial charge in [0.05, 0.1) is 16.0 Å². The fraction of sp³-hybridized carbons (Fsp3) is 0.320. The molecule has 3 aromatic rings. The lowest BCUT2D eigenvalue weighted by Crippen LogP contribution is -2.24. The number of carbonyl (C=O) groups is 2. The zero-order chi connectivity index (χ0) is 24.5. The SMILES string of the molecule is Cc1ccc(NC(=O)COC(=O)c2c3c(nc4ccccc24)CCCC3)cc1S(=O)(=O)N(C)C. The molecule has 0 saturated heterocycles. The van der Waals surface area contributed by atoms with E-state index in [1.807, 2.05) is 24.3 Å². The molecule has 1 heterocycles. The van der Waals surface area contributed by atoms with E-state index in [1.54, 1.807) is 19.1 Å². The molecule has 0 radical (unpaired) electrons. The number of aromatic nitrogens is 1. The fourth-order valence-corrected chi connectivity index (χ4v) is 5.30. The highest BCUT2D eigenvalue weighted by Gasteiger charge is 2.24. The predicted molar refractivity (Wildman–Crippen MR) is 129 cm³/mol. The standard InChI is InChI=1S/C25H27N3O5S/c1-16-12-13-17(14-22(16)34(31,32)28(2)3)26-23(29)15-33-25(30)24-18-8-4-6-10-20(18)27-21-11-7-5-9-19(21)24/h4,6,8,10,12-14H,5,7,9,11,15H2,1-3H3,(H,26,29). The molecule has 0 atom stereocenters. The molecule has 1 aliphatic rings. The van der Waals surface area contributed by atoms with Crippen LogP contribution in [0.1, 0.15) is 40.0 Å². The van der Waals surface area contributed by atoms with Gasteiger partial charge in [-0.1, -0.05) is 24.3 Å². The van der Waals surface area contributed by atoms with Crippen molar-refractivity contribution in [1.29, 1.82) is 0 Å². The van der Waals surface area contributed by atoms with Gasteiger partial charge < -0.3 is 10.1 Å². The van der Waals surface area contributed by atoms with Crippen LogP contribution in [0.4, 0.5) is 5.69 Å². The van der Waals surface area contributed by atoms with Gasteiger partial charge in [-0.2, -0.15) is 0 Å². The minimum atomic E-state index is -3.67. The van der Waals surface area contributed by atoms with Crippen LogP contribution in [-0.2, 0) is 32.4 Å². The molecule has 2 aromatic carbocycles. The maximum atomic E-state index is 13.1. The fourth-order valence-electron chi connectivity index (χ4n) is 4.16. The first-order chi connectivity index (χ1) is 16.2. The Hall–Kier alpha value is -3.30. The van der Waals surface area contributed by atoms with Crippen LogP contribution in [0.15, 0.2) is 47.4 Å². The van der Waals surface area contributed by atoms with Crippen LogP contribution in [0.2, 0.25) is 0 Å². The predicted octanol–water partition coefficient (Wildman–Crippen LogP) is 3.47. The number of sulfonamides is 1. The molecule has 9 heteroatoms. The zero-order valence-corrected chi connectivity index (χ0v) is 20.2. The van der Waals surface area contributed by atoms with E-state index in [9.17, 15) is 18.0 Å². The average molecular weight is 482 g/mol. The van der Waals surface area contributed by atoms with Crippen molar-refractivity contribution >= 4 is 38.5 Å². The number of esters is 1. The molecule has 1 aromatic heterocycles. The van der Waals surface area contributed by atoms with E-state index in [2.05, 4.69) is 5.32 Å². The van der Waals surface area contributed by atoms with Gasteiger partial charge in [0.25, 0.3) is 5.91 Å². The average Bonchev–Trinajstić information content (AvgIpc) is 2.82. The molecule has 0 bridgehead atoms. The maximum absolute atomic E-state index is 13.1. The normalized spacial score (nSPS) is 13.5. The number of carbonyl (C=O) groups excluding carboxylic acids is 2. The Kier molecular flexibility index (Phi) is 6.67. The third kappa shape index (κ3) is 4.67. The van der Waals surface area contributed by atoms with E-state index in [0.717, 1.165) is 46.8 Å². The van der Waals surface area contributed by atoms with Gasteiger partial charge in [0.15, 0.2) is 6.61 Å². The Bertz CT molecular complexity index is 1380. The topological polar surface area (TPSA) is 106 Å². The Balaban J connectivity index is 1.52. The van der Waals surface area contributed by atoms with E-state index in [4.69, 9.17) is 9.72 Å². The highest BCUT2D eigenvalue weighted by atomic mass is 32.2. The van der Waals surface area contributed by atoms with Crippen LogP contribution < -0.4 is 5.32 Å². The van der Waals surface area contributed by atoms with Crippen molar-refractivity contribution in [3.63, 3.8) is 0 Å². The van der Waals surface area contributed by atoms with Crippen molar-refractivity contribution in [2.75, 3.05) is 26.0 Å². The van der Waals surface area contributed by atoms with E-state index >= 15 is 0 Å². The summed E-state index contributed by atoms with van der Waals surface area (Å²) < 4.78 is 31.6. The van der Waals surface area contributed by atoms with E-state index in [0.29, 0.717) is 22.2 Å². The molecule has 178 valence electrons. The number of para-hydroxylation sites is 1. The van der Waals surface area contributed by atoms with Gasteiger partial charge >= 0.3 is 5.97 Å². The highest BCUT2D eigenvalue weighted by Crippen LogP contribution is 2.30. The Morgan fingerprint density at radius 1 is 1.09 bits per heavy atom. The summed E-state index contributed by atoms with van der Waals surface area (Å²) in [4.78, 5) is 30.4. The van der Waals surface area contributed by atoms with Crippen LogP contribution in [0.3, 0.4) is 0 Å². The van der Waals surface area contributed by atoms with E-state index < -0.39 is 28.5 Å². The number of anilines is 1. The molecule has 0 unspecified atom stereocenters. The van der Waals surface area contributed by atoms with Crippen LogP contribution in [0.25, 0.3) is 10.9 Å². The number of aryl methyl sites for hydroxylation is 2. The monoisotopic (exact) mass is 481 g/mol. The molecule has 0 aliphatic heterocycles. The second kappa shape index (κ2) is 9.52. The first-order valence-electron chi connectivity index (χ1n) is 11.1. The van der Waals surface area contributed by atoms with Crippen molar-refractivity contribution in [3.05, 3.63) is 64.8 Å². The molecular formula is C25H27N3O5S. The van der Waals surface area contributed by atoms with Gasteiger partial charge in [-0.15, -0.1) is 0 Å². The van der Waals surface area contributed by atoms with Crippen molar-refractivity contribution < 1.29 is 22.7 Å². The van der Waals surface area contributed by atoms with Gasteiger partial charge in [0, 0.05) is 30.9 Å². The quantitative estimate of drug-likeness (QED) is 0.541. The first-order valence-corrected chi connectivity index (χ1v) is 12.5. The number of nitrogens with zero attached hydrogens (tertiary/aromatic N) is 2. The number of hydrogen-bond acceptors (Lipinski definition) is 6. The van der Waals surface area contributed by atoms with Gasteiger partial charge in [0.1, 0.15) is 0 Å². The number of benzene rings is 2. The minimum absolute atomic E-state index is 0.0992. The van der Waals surface area contributed by atoms with E-state index in [1.165, 1.54) is 20.2 Å². The smallest absolute Gasteiger partial charge is 0.339 e. The molecule has 8 nitrogen and oxygen atoms in total. The molecule has 4 rings (SSSR count). The molecule has 34 heavy (non-hydrogen) atoms. The third-order valence-corrected chi connectivity index (χ3v) is 7.90.